The number of aromatic nitrogens is 4. The molecule has 234 valence electrons. The Morgan fingerprint density at radius 3 is 2.28 bits per heavy atom. The second-order valence-corrected chi connectivity index (χ2v) is 11.1. The molecule has 0 saturated carbocycles. The summed E-state index contributed by atoms with van der Waals surface area (Å²) in [4.78, 5) is 29.1. The molecule has 0 unspecified atom stereocenters. The van der Waals surface area contributed by atoms with Crippen molar-refractivity contribution in [3.05, 3.63) is 40.3 Å². The highest BCUT2D eigenvalue weighted by molar-refractivity contribution is 6.31. The summed E-state index contributed by atoms with van der Waals surface area (Å²) in [5.41, 5.74) is 0.909. The first-order chi connectivity index (χ1) is 20.3. The van der Waals surface area contributed by atoms with E-state index in [1.54, 1.807) is 4.90 Å². The van der Waals surface area contributed by atoms with Gasteiger partial charge in [-0.3, -0.25) is 0 Å². The number of anilines is 2. The Morgan fingerprint density at radius 1 is 0.953 bits per heavy atom. The predicted octanol–water partition coefficient (Wildman–Crippen LogP) is 5.07. The summed E-state index contributed by atoms with van der Waals surface area (Å²) in [6, 6.07) is 3.86. The van der Waals surface area contributed by atoms with Crippen molar-refractivity contribution in [2.24, 2.45) is 0 Å². The molecular weight excluding hydrogens is 604 g/mol. The number of benzene rings is 1. The highest BCUT2D eigenvalue weighted by Crippen LogP contribution is 2.38. The molecule has 0 atom stereocenters. The molecule has 1 aromatic carbocycles. The van der Waals surface area contributed by atoms with Crippen LogP contribution < -0.4 is 14.6 Å². The van der Waals surface area contributed by atoms with E-state index in [9.17, 15) is 31.1 Å². The third kappa shape index (κ3) is 6.92. The molecule has 43 heavy (non-hydrogen) atoms. The fourth-order valence-corrected chi connectivity index (χ4v) is 5.92. The van der Waals surface area contributed by atoms with Crippen LogP contribution in [0.1, 0.15) is 42.5 Å². The van der Waals surface area contributed by atoms with E-state index in [0.717, 1.165) is 55.6 Å². The van der Waals surface area contributed by atoms with Crippen molar-refractivity contribution < 1.29 is 36.0 Å². The quantitative estimate of drug-likeness (QED) is 0.334. The van der Waals surface area contributed by atoms with Crippen molar-refractivity contribution in [1.29, 1.82) is 0 Å². The van der Waals surface area contributed by atoms with Gasteiger partial charge in [-0.25, -0.2) is 14.8 Å². The van der Waals surface area contributed by atoms with E-state index < -0.39 is 35.0 Å². The molecule has 0 N–H and O–H groups in total. The number of hydrogen-bond acceptors (Lipinski definition) is 8. The van der Waals surface area contributed by atoms with Crippen LogP contribution in [0.5, 0.6) is 0 Å². The topological polar surface area (TPSA) is 79.6 Å². The van der Waals surface area contributed by atoms with Crippen LogP contribution in [0.15, 0.2) is 18.5 Å². The smallest absolute Gasteiger partial charge is 0.368 e. The lowest BCUT2D eigenvalue weighted by Gasteiger charge is -2.38. The molecule has 2 aliphatic heterocycles. The second kappa shape index (κ2) is 12.3. The first kappa shape index (κ1) is 31.1. The lowest BCUT2D eigenvalue weighted by Crippen LogP contribution is -2.47. The zero-order chi connectivity index (χ0) is 30.9. The fraction of sp³-hybridized carbons (Fsp3) is 0.556. The number of carbonyl (C=O) groups excluding carboxylic acids is 1. The van der Waals surface area contributed by atoms with Gasteiger partial charge in [0.2, 0.25) is 5.65 Å². The first-order valence-corrected chi connectivity index (χ1v) is 14.3. The van der Waals surface area contributed by atoms with Crippen LogP contribution in [-0.4, -0.2) is 82.8 Å². The van der Waals surface area contributed by atoms with Crippen LogP contribution in [0.4, 0.5) is 37.8 Å². The van der Waals surface area contributed by atoms with Gasteiger partial charge in [0.1, 0.15) is 12.1 Å². The van der Waals surface area contributed by atoms with Crippen LogP contribution in [0, 0.1) is 6.92 Å². The average Bonchev–Trinajstić information content (AvgIpc) is 3.34. The second-order valence-electron chi connectivity index (χ2n) is 10.7. The van der Waals surface area contributed by atoms with Gasteiger partial charge in [0.25, 0.3) is 0 Å². The van der Waals surface area contributed by atoms with Crippen molar-refractivity contribution in [3.63, 3.8) is 0 Å². The fourth-order valence-electron chi connectivity index (χ4n) is 5.69. The summed E-state index contributed by atoms with van der Waals surface area (Å²) < 4.78 is 80.0. The molecule has 0 bridgehead atoms. The standard InChI is InChI=1S/C27H30ClF6N7O2/c1-17-18(6-5-9-38-7-3-2-4-8-38)14-19(28)15-20(17)39-10-12-40(13-11-39)23-21-22(26(29,30)31)37-41(24(21)36-16-35-23)43-25(42)27(32,33)34/h14-16H,2-13H2,1H3. The van der Waals surface area contributed by atoms with E-state index in [2.05, 4.69) is 29.7 Å². The van der Waals surface area contributed by atoms with Gasteiger partial charge in [-0.1, -0.05) is 22.9 Å². The maximum absolute atomic E-state index is 13.9. The van der Waals surface area contributed by atoms with E-state index in [4.69, 9.17) is 11.6 Å². The molecular formula is C27H30ClF6N7O2. The Hall–Kier alpha value is -3.33. The number of hydrogen-bond donors (Lipinski definition) is 0. The number of halogens is 7. The summed E-state index contributed by atoms with van der Waals surface area (Å²) >= 11 is 6.50. The minimum absolute atomic E-state index is 0.155. The van der Waals surface area contributed by atoms with Gasteiger partial charge in [0, 0.05) is 36.9 Å². The van der Waals surface area contributed by atoms with Crippen molar-refractivity contribution in [1.82, 2.24) is 24.8 Å². The van der Waals surface area contributed by atoms with Crippen LogP contribution >= 0.6 is 11.6 Å². The number of rotatable bonds is 7. The zero-order valence-electron chi connectivity index (χ0n) is 23.3. The SMILES string of the molecule is Cc1c(CCCN2CCCCC2)cc(Cl)cc1N1CCN(c2ncnc3c2c(C(F)(F)F)nn3OC(=O)C(F)(F)F)CC1. The molecule has 2 aliphatic rings. The minimum Gasteiger partial charge on any atom is -0.368 e. The molecule has 0 radical (unpaired) electrons. The molecule has 5 rings (SSSR count). The maximum Gasteiger partial charge on any atom is 0.493 e. The molecule has 9 nitrogen and oxygen atoms in total. The van der Waals surface area contributed by atoms with E-state index in [0.29, 0.717) is 18.1 Å². The van der Waals surface area contributed by atoms with Crippen LogP contribution in [-0.2, 0) is 17.4 Å². The number of alkyl halides is 6. The molecule has 0 spiro atoms. The highest BCUT2D eigenvalue weighted by Gasteiger charge is 2.44. The summed E-state index contributed by atoms with van der Waals surface area (Å²) in [6.45, 7) is 6.64. The number of aryl methyl sites for hydroxylation is 1. The summed E-state index contributed by atoms with van der Waals surface area (Å²) in [6.07, 6.45) is -4.01. The Balaban J connectivity index is 1.34. The Kier molecular flexibility index (Phi) is 8.93. The number of nitrogens with zero attached hydrogens (tertiary/aromatic N) is 7. The lowest BCUT2D eigenvalue weighted by molar-refractivity contribution is -0.201. The van der Waals surface area contributed by atoms with Crippen molar-refractivity contribution >= 4 is 40.1 Å². The first-order valence-electron chi connectivity index (χ1n) is 13.9. The van der Waals surface area contributed by atoms with E-state index >= 15 is 0 Å². The number of fused-ring (bicyclic) bond motifs is 1. The largest absolute Gasteiger partial charge is 0.493 e. The Bertz CT molecular complexity index is 1460. The molecule has 0 amide bonds. The Labute approximate surface area is 248 Å². The molecule has 2 fully saturated rings. The molecule has 16 heteroatoms. The van der Waals surface area contributed by atoms with Crippen LogP contribution in [0.25, 0.3) is 11.0 Å². The van der Waals surface area contributed by atoms with Gasteiger partial charge in [0.05, 0.1) is 5.39 Å². The van der Waals surface area contributed by atoms with Crippen molar-refractivity contribution in [2.45, 2.75) is 51.4 Å². The van der Waals surface area contributed by atoms with Crippen molar-refractivity contribution in [2.75, 3.05) is 55.6 Å². The van der Waals surface area contributed by atoms with E-state index in [1.165, 1.54) is 19.3 Å². The molecule has 0 aliphatic carbocycles. The monoisotopic (exact) mass is 633 g/mol. The third-order valence-electron chi connectivity index (χ3n) is 7.83. The van der Waals surface area contributed by atoms with Crippen molar-refractivity contribution in [3.8, 4) is 0 Å². The zero-order valence-corrected chi connectivity index (χ0v) is 24.1. The third-order valence-corrected chi connectivity index (χ3v) is 8.05. The van der Waals surface area contributed by atoms with Gasteiger partial charge >= 0.3 is 18.3 Å². The molecule has 4 heterocycles. The summed E-state index contributed by atoms with van der Waals surface area (Å²) in [5.74, 6) is -2.91. The van der Waals surface area contributed by atoms with Gasteiger partial charge < -0.3 is 19.5 Å². The van der Waals surface area contributed by atoms with E-state index in [1.807, 2.05) is 19.1 Å². The summed E-state index contributed by atoms with van der Waals surface area (Å²) in [7, 11) is 0. The lowest BCUT2D eigenvalue weighted by atomic mass is 10.0. The molecule has 2 aromatic heterocycles. The number of piperidine rings is 1. The van der Waals surface area contributed by atoms with Gasteiger partial charge in [-0.2, -0.15) is 26.3 Å². The predicted molar refractivity (Wildman–Crippen MR) is 147 cm³/mol. The molecule has 3 aromatic rings. The number of carbonyl (C=O) groups is 1. The van der Waals surface area contributed by atoms with E-state index in [-0.39, 0.29) is 23.8 Å². The van der Waals surface area contributed by atoms with Crippen LogP contribution in [0.2, 0.25) is 5.02 Å². The number of likely N-dealkylation sites (tertiary alicyclic amines) is 1. The van der Waals surface area contributed by atoms with Gasteiger partial charge in [-0.15, -0.1) is 5.10 Å². The maximum atomic E-state index is 13.9. The molecule has 2 saturated heterocycles. The average molecular weight is 634 g/mol. The van der Waals surface area contributed by atoms with Crippen LogP contribution in [0.3, 0.4) is 0 Å². The van der Waals surface area contributed by atoms with Gasteiger partial charge in [0.15, 0.2) is 5.69 Å². The number of piperazine rings is 1. The highest BCUT2D eigenvalue weighted by atomic mass is 35.5. The Morgan fingerprint density at radius 2 is 1.63 bits per heavy atom. The summed E-state index contributed by atoms with van der Waals surface area (Å²) in [5, 5.41) is 3.05. The normalized spacial score (nSPS) is 17.1. The minimum atomic E-state index is -5.45. The van der Waals surface area contributed by atoms with Gasteiger partial charge in [-0.05, 0) is 75.5 Å².